The molecule has 0 radical (unpaired) electrons. The van der Waals surface area contributed by atoms with E-state index in [1.54, 1.807) is 9.47 Å². The number of carbonyl (C=O) groups is 1. The molecule has 1 unspecified atom stereocenters. The van der Waals surface area contributed by atoms with E-state index in [-0.39, 0.29) is 21.5 Å². The molecule has 10 heteroatoms. The van der Waals surface area contributed by atoms with Crippen LogP contribution in [0, 0.1) is 4.64 Å². The number of rotatable bonds is 4. The van der Waals surface area contributed by atoms with E-state index in [0.29, 0.717) is 31.6 Å². The lowest BCUT2D eigenvalue weighted by molar-refractivity contribution is -0.138. The number of likely N-dealkylation sites (tertiary alicyclic amines) is 1. The number of nitrogens with zero attached hydrogens (tertiary/aromatic N) is 3. The number of H-pyrrole nitrogens is 2. The number of hydrogen-bond donors (Lipinski definition) is 3. The quantitative estimate of drug-likeness (QED) is 0.343. The second-order valence-corrected chi connectivity index (χ2v) is 9.74. The molecule has 4 aromatic rings. The summed E-state index contributed by atoms with van der Waals surface area (Å²) in [5.41, 5.74) is 0.563. The molecule has 34 heavy (non-hydrogen) atoms. The number of aromatic amines is 2. The number of carbonyl (C=O) groups excluding carboxylic acids is 1. The van der Waals surface area contributed by atoms with Gasteiger partial charge in [0.1, 0.15) is 16.1 Å². The van der Waals surface area contributed by atoms with Gasteiger partial charge in [0.05, 0.1) is 11.9 Å². The molecule has 1 saturated heterocycles. The fourth-order valence-corrected chi connectivity index (χ4v) is 5.11. The number of nitrogens with one attached hydrogen (secondary N) is 2. The molecule has 1 amide bonds. The van der Waals surface area contributed by atoms with Gasteiger partial charge in [-0.05, 0) is 36.1 Å². The van der Waals surface area contributed by atoms with Gasteiger partial charge in [0.15, 0.2) is 5.65 Å². The molecule has 0 bridgehead atoms. The van der Waals surface area contributed by atoms with Crippen molar-refractivity contribution in [2.75, 3.05) is 13.1 Å². The van der Waals surface area contributed by atoms with E-state index in [1.807, 2.05) is 54.6 Å². The Hall–Kier alpha value is -3.08. The Kier molecular flexibility index (Phi) is 5.97. The molecule has 0 aliphatic carbocycles. The molecule has 1 aliphatic heterocycles. The van der Waals surface area contributed by atoms with Crippen LogP contribution >= 0.6 is 28.1 Å². The highest BCUT2D eigenvalue weighted by Crippen LogP contribution is 2.35. The molecule has 0 spiro atoms. The summed E-state index contributed by atoms with van der Waals surface area (Å²) in [6, 6.07) is 16.2. The van der Waals surface area contributed by atoms with Crippen LogP contribution in [0.3, 0.4) is 0 Å². The third-order valence-corrected chi connectivity index (χ3v) is 7.37. The van der Waals surface area contributed by atoms with E-state index in [9.17, 15) is 14.7 Å². The molecule has 2 aromatic heterocycles. The lowest BCUT2D eigenvalue weighted by Crippen LogP contribution is -2.47. The summed E-state index contributed by atoms with van der Waals surface area (Å²) in [4.78, 5) is 32.2. The average molecular weight is 540 g/mol. The van der Waals surface area contributed by atoms with Gasteiger partial charge in [-0.25, -0.2) is 4.98 Å². The molecule has 8 nitrogen and oxygen atoms in total. The maximum Gasteiger partial charge on any atom is 0.276 e. The van der Waals surface area contributed by atoms with Crippen molar-refractivity contribution in [3.63, 3.8) is 0 Å². The summed E-state index contributed by atoms with van der Waals surface area (Å²) in [7, 11) is 0. The van der Waals surface area contributed by atoms with Crippen molar-refractivity contribution in [3.05, 3.63) is 91.5 Å². The van der Waals surface area contributed by atoms with Gasteiger partial charge >= 0.3 is 0 Å². The zero-order valence-electron chi connectivity index (χ0n) is 18.1. The normalized spacial score (nSPS) is 16.5. The smallest absolute Gasteiger partial charge is 0.276 e. The Balaban J connectivity index is 1.48. The Bertz CT molecular complexity index is 1450. The van der Waals surface area contributed by atoms with E-state index < -0.39 is 11.6 Å². The summed E-state index contributed by atoms with van der Waals surface area (Å²) >= 11 is 9.04. The summed E-state index contributed by atoms with van der Waals surface area (Å²) in [6.45, 7) is 0.783. The predicted octanol–water partition coefficient (Wildman–Crippen LogP) is 3.64. The Morgan fingerprint density at radius 2 is 1.76 bits per heavy atom. The molecule has 1 fully saturated rings. The summed E-state index contributed by atoms with van der Waals surface area (Å²) < 4.78 is 2.76. The van der Waals surface area contributed by atoms with Gasteiger partial charge in [0, 0.05) is 17.6 Å². The zero-order chi connectivity index (χ0) is 23.9. The van der Waals surface area contributed by atoms with Crippen LogP contribution < -0.4 is 5.56 Å². The van der Waals surface area contributed by atoms with Crippen LogP contribution in [0.1, 0.15) is 30.0 Å². The number of aromatic nitrogens is 4. The standard InChI is InChI=1S/C24H22BrN5O3S/c25-17-8-6-16(7-9-17)24(33)10-12-29(13-11-24)22(32)19(15-4-2-1-3-5-15)30-14-26-20-18(23(30)34)21(31)28-27-20/h1-9,14,19,33H,10-13H2,(H2,27,28,31). The van der Waals surface area contributed by atoms with Crippen molar-refractivity contribution in [2.24, 2.45) is 0 Å². The molecular formula is C24H22BrN5O3S. The lowest BCUT2D eigenvalue weighted by Gasteiger charge is -2.40. The largest absolute Gasteiger partial charge is 0.385 e. The van der Waals surface area contributed by atoms with Gasteiger partial charge in [-0.3, -0.25) is 19.8 Å². The van der Waals surface area contributed by atoms with Gasteiger partial charge in [-0.1, -0.05) is 70.6 Å². The SMILES string of the molecule is O=C(C(c1ccccc1)n1cnc2[nH][nH]c(=O)c2c1=S)N1CCC(O)(c2ccc(Br)cc2)CC1. The van der Waals surface area contributed by atoms with Gasteiger partial charge in [-0.2, -0.15) is 0 Å². The first-order valence-electron chi connectivity index (χ1n) is 10.9. The van der Waals surface area contributed by atoms with Crippen molar-refractivity contribution in [1.29, 1.82) is 0 Å². The number of benzene rings is 2. The fraction of sp³-hybridized carbons (Fsp3) is 0.250. The van der Waals surface area contributed by atoms with Gasteiger partial charge in [-0.15, -0.1) is 0 Å². The molecule has 3 N–H and O–H groups in total. The summed E-state index contributed by atoms with van der Waals surface area (Å²) in [5, 5.41) is 16.7. The van der Waals surface area contributed by atoms with E-state index >= 15 is 0 Å². The van der Waals surface area contributed by atoms with Crippen molar-refractivity contribution in [3.8, 4) is 0 Å². The molecule has 5 rings (SSSR count). The molecule has 0 saturated carbocycles. The van der Waals surface area contributed by atoms with Crippen molar-refractivity contribution >= 4 is 45.1 Å². The van der Waals surface area contributed by atoms with Crippen LogP contribution in [0.25, 0.3) is 11.0 Å². The van der Waals surface area contributed by atoms with Gasteiger partial charge in [0.2, 0.25) is 5.91 Å². The first kappa shape index (κ1) is 22.7. The van der Waals surface area contributed by atoms with Gasteiger partial charge < -0.3 is 14.6 Å². The first-order valence-corrected chi connectivity index (χ1v) is 12.1. The van der Waals surface area contributed by atoms with Crippen molar-refractivity contribution in [1.82, 2.24) is 24.6 Å². The Labute approximate surface area is 208 Å². The van der Waals surface area contributed by atoms with Crippen molar-refractivity contribution in [2.45, 2.75) is 24.5 Å². The molecule has 2 aromatic carbocycles. The third kappa shape index (κ3) is 4.02. The maximum atomic E-state index is 13.9. The Morgan fingerprint density at radius 3 is 2.44 bits per heavy atom. The lowest BCUT2D eigenvalue weighted by atomic mass is 9.84. The number of hydrogen-bond acceptors (Lipinski definition) is 5. The molecule has 1 atom stereocenters. The average Bonchev–Trinajstić information content (AvgIpc) is 3.23. The van der Waals surface area contributed by atoms with E-state index in [0.717, 1.165) is 15.6 Å². The second-order valence-electron chi connectivity index (χ2n) is 8.44. The summed E-state index contributed by atoms with van der Waals surface area (Å²) in [5.74, 6) is -0.159. The number of piperidine rings is 1. The van der Waals surface area contributed by atoms with Crippen LogP contribution in [0.2, 0.25) is 0 Å². The number of fused-ring (bicyclic) bond motifs is 1. The molecule has 1 aliphatic rings. The summed E-state index contributed by atoms with van der Waals surface area (Å²) in [6.07, 6.45) is 2.33. The van der Waals surface area contributed by atoms with Crippen LogP contribution in [-0.4, -0.2) is 48.8 Å². The highest BCUT2D eigenvalue weighted by Gasteiger charge is 2.38. The number of halogens is 1. The van der Waals surface area contributed by atoms with Gasteiger partial charge in [0.25, 0.3) is 5.56 Å². The number of aliphatic hydroxyl groups is 1. The minimum Gasteiger partial charge on any atom is -0.385 e. The second kappa shape index (κ2) is 8.94. The van der Waals surface area contributed by atoms with E-state index in [4.69, 9.17) is 12.2 Å². The minimum atomic E-state index is -0.991. The third-order valence-electron chi connectivity index (χ3n) is 6.43. The predicted molar refractivity (Wildman–Crippen MR) is 134 cm³/mol. The van der Waals surface area contributed by atoms with E-state index in [2.05, 4.69) is 31.1 Å². The van der Waals surface area contributed by atoms with Crippen LogP contribution in [0.5, 0.6) is 0 Å². The van der Waals surface area contributed by atoms with Crippen molar-refractivity contribution < 1.29 is 9.90 Å². The first-order chi connectivity index (χ1) is 16.4. The maximum absolute atomic E-state index is 13.9. The van der Waals surface area contributed by atoms with Crippen LogP contribution in [0.15, 0.2) is 70.2 Å². The highest BCUT2D eigenvalue weighted by atomic mass is 79.9. The minimum absolute atomic E-state index is 0.159. The number of amides is 1. The fourth-order valence-electron chi connectivity index (χ4n) is 4.51. The van der Waals surface area contributed by atoms with Crippen LogP contribution in [0.4, 0.5) is 0 Å². The topological polar surface area (TPSA) is 107 Å². The molecular weight excluding hydrogens is 518 g/mol. The molecule has 3 heterocycles. The highest BCUT2D eigenvalue weighted by molar-refractivity contribution is 9.10. The Morgan fingerprint density at radius 1 is 1.09 bits per heavy atom. The van der Waals surface area contributed by atoms with E-state index in [1.165, 1.54) is 6.33 Å². The molecule has 174 valence electrons. The van der Waals surface area contributed by atoms with Crippen LogP contribution in [-0.2, 0) is 10.4 Å². The zero-order valence-corrected chi connectivity index (χ0v) is 20.5. The monoisotopic (exact) mass is 539 g/mol.